The first kappa shape index (κ1) is 11.0. The predicted octanol–water partition coefficient (Wildman–Crippen LogP) is 1.53. The first-order chi connectivity index (χ1) is 6.70. The van der Waals surface area contributed by atoms with Crippen molar-refractivity contribution in [1.29, 1.82) is 0 Å². The number of nitrogens with zero attached hydrogens (tertiary/aromatic N) is 2. The lowest BCUT2D eigenvalue weighted by Crippen LogP contribution is -2.09. The van der Waals surface area contributed by atoms with Crippen LogP contribution in [0.15, 0.2) is 12.4 Å². The second kappa shape index (κ2) is 5.65. The van der Waals surface area contributed by atoms with E-state index in [4.69, 9.17) is 10.5 Å². The fourth-order valence-corrected chi connectivity index (χ4v) is 1.11. The summed E-state index contributed by atoms with van der Waals surface area (Å²) in [6.45, 7) is 6.69. The molecule has 0 aliphatic carbocycles. The van der Waals surface area contributed by atoms with E-state index in [0.717, 1.165) is 19.6 Å². The van der Waals surface area contributed by atoms with Crippen LogP contribution in [0.4, 0.5) is 5.95 Å². The molecular formula is C10H19N3O. The molecule has 1 heterocycles. The minimum absolute atomic E-state index is 0.553. The Hall–Kier alpha value is -1.03. The van der Waals surface area contributed by atoms with Gasteiger partial charge in [-0.15, -0.1) is 0 Å². The second-order valence-electron chi connectivity index (χ2n) is 3.77. The number of anilines is 1. The summed E-state index contributed by atoms with van der Waals surface area (Å²) < 4.78 is 7.35. The van der Waals surface area contributed by atoms with Crippen LogP contribution in [0.1, 0.15) is 20.3 Å². The molecule has 0 spiro atoms. The van der Waals surface area contributed by atoms with Crippen molar-refractivity contribution in [2.24, 2.45) is 5.92 Å². The van der Waals surface area contributed by atoms with Crippen molar-refractivity contribution in [3.05, 3.63) is 12.4 Å². The van der Waals surface area contributed by atoms with Crippen LogP contribution in [-0.2, 0) is 11.3 Å². The maximum atomic E-state index is 5.60. The first-order valence-electron chi connectivity index (χ1n) is 5.04. The third-order valence-corrected chi connectivity index (χ3v) is 2.06. The van der Waals surface area contributed by atoms with Crippen molar-refractivity contribution in [3.8, 4) is 0 Å². The second-order valence-corrected chi connectivity index (χ2v) is 3.77. The Bertz CT molecular complexity index is 258. The van der Waals surface area contributed by atoms with E-state index < -0.39 is 0 Å². The molecule has 0 aliphatic rings. The van der Waals surface area contributed by atoms with Gasteiger partial charge in [-0.25, -0.2) is 4.98 Å². The Balaban J connectivity index is 2.08. The van der Waals surface area contributed by atoms with Crippen LogP contribution >= 0.6 is 0 Å². The lowest BCUT2D eigenvalue weighted by Gasteiger charge is -2.07. The SMILES string of the molecule is CC(C)CCOCCn1ccnc1N. The molecule has 4 nitrogen and oxygen atoms in total. The van der Waals surface area contributed by atoms with E-state index in [9.17, 15) is 0 Å². The molecule has 0 atom stereocenters. The topological polar surface area (TPSA) is 53.1 Å². The van der Waals surface area contributed by atoms with Crippen molar-refractivity contribution in [3.63, 3.8) is 0 Å². The standard InChI is InChI=1S/C10H19N3O/c1-9(2)3-7-14-8-6-13-5-4-12-10(13)11/h4-5,9H,3,6-8H2,1-2H3,(H2,11,12). The number of nitrogens with two attached hydrogens (primary N) is 1. The highest BCUT2D eigenvalue weighted by atomic mass is 16.5. The third-order valence-electron chi connectivity index (χ3n) is 2.06. The Morgan fingerprint density at radius 1 is 1.50 bits per heavy atom. The zero-order chi connectivity index (χ0) is 10.4. The molecule has 0 unspecified atom stereocenters. The molecule has 0 aromatic carbocycles. The fourth-order valence-electron chi connectivity index (χ4n) is 1.11. The summed E-state index contributed by atoms with van der Waals surface area (Å²) in [7, 11) is 0. The molecule has 2 N–H and O–H groups in total. The van der Waals surface area contributed by atoms with E-state index in [1.165, 1.54) is 0 Å². The molecule has 14 heavy (non-hydrogen) atoms. The molecule has 0 bridgehead atoms. The molecule has 4 heteroatoms. The van der Waals surface area contributed by atoms with Gasteiger partial charge in [-0.2, -0.15) is 0 Å². The Kier molecular flexibility index (Phi) is 4.46. The van der Waals surface area contributed by atoms with Crippen molar-refractivity contribution in [1.82, 2.24) is 9.55 Å². The smallest absolute Gasteiger partial charge is 0.200 e. The van der Waals surface area contributed by atoms with Crippen molar-refractivity contribution >= 4 is 5.95 Å². The molecule has 80 valence electrons. The van der Waals surface area contributed by atoms with Gasteiger partial charge in [0.15, 0.2) is 5.95 Å². The van der Waals surface area contributed by atoms with Gasteiger partial charge < -0.3 is 15.0 Å². The molecule has 0 saturated heterocycles. The minimum atomic E-state index is 0.553. The van der Waals surface area contributed by atoms with Crippen LogP contribution in [0.25, 0.3) is 0 Å². The average molecular weight is 197 g/mol. The van der Waals surface area contributed by atoms with E-state index in [0.29, 0.717) is 18.5 Å². The van der Waals surface area contributed by atoms with Crippen LogP contribution in [0.2, 0.25) is 0 Å². The average Bonchev–Trinajstić information content (AvgIpc) is 2.51. The lowest BCUT2D eigenvalue weighted by atomic mass is 10.1. The summed E-state index contributed by atoms with van der Waals surface area (Å²) in [5.41, 5.74) is 5.60. The Morgan fingerprint density at radius 2 is 2.29 bits per heavy atom. The largest absolute Gasteiger partial charge is 0.380 e. The lowest BCUT2D eigenvalue weighted by molar-refractivity contribution is 0.116. The normalized spacial score (nSPS) is 11.1. The van der Waals surface area contributed by atoms with Gasteiger partial charge in [-0.3, -0.25) is 0 Å². The molecule has 0 amide bonds. The van der Waals surface area contributed by atoms with Crippen LogP contribution in [0, 0.1) is 5.92 Å². The molecule has 1 aromatic rings. The van der Waals surface area contributed by atoms with E-state index >= 15 is 0 Å². The van der Waals surface area contributed by atoms with Gasteiger partial charge in [-0.05, 0) is 12.3 Å². The molecule has 0 fully saturated rings. The van der Waals surface area contributed by atoms with Gasteiger partial charge in [-0.1, -0.05) is 13.8 Å². The number of imidazole rings is 1. The van der Waals surface area contributed by atoms with E-state index in [-0.39, 0.29) is 0 Å². The van der Waals surface area contributed by atoms with Crippen LogP contribution in [0.5, 0.6) is 0 Å². The summed E-state index contributed by atoms with van der Waals surface area (Å²) in [6, 6.07) is 0. The van der Waals surface area contributed by atoms with Gasteiger partial charge in [0.25, 0.3) is 0 Å². The highest BCUT2D eigenvalue weighted by molar-refractivity contribution is 5.16. The van der Waals surface area contributed by atoms with Crippen molar-refractivity contribution in [2.45, 2.75) is 26.8 Å². The number of aromatic nitrogens is 2. The summed E-state index contributed by atoms with van der Waals surface area (Å²) in [5, 5.41) is 0. The zero-order valence-electron chi connectivity index (χ0n) is 8.94. The van der Waals surface area contributed by atoms with E-state index in [1.54, 1.807) is 6.20 Å². The van der Waals surface area contributed by atoms with Crippen molar-refractivity contribution < 1.29 is 4.74 Å². The van der Waals surface area contributed by atoms with Gasteiger partial charge in [0.2, 0.25) is 0 Å². The van der Waals surface area contributed by atoms with Crippen molar-refractivity contribution in [2.75, 3.05) is 18.9 Å². The summed E-state index contributed by atoms with van der Waals surface area (Å²) in [4.78, 5) is 3.93. The van der Waals surface area contributed by atoms with Crippen LogP contribution < -0.4 is 5.73 Å². The Labute approximate surface area is 85.1 Å². The summed E-state index contributed by atoms with van der Waals surface area (Å²) in [6.07, 6.45) is 4.67. The summed E-state index contributed by atoms with van der Waals surface area (Å²) in [5.74, 6) is 1.26. The summed E-state index contributed by atoms with van der Waals surface area (Å²) >= 11 is 0. The van der Waals surface area contributed by atoms with Crippen LogP contribution in [0.3, 0.4) is 0 Å². The third kappa shape index (κ3) is 3.79. The highest BCUT2D eigenvalue weighted by Gasteiger charge is 1.97. The molecule has 0 aliphatic heterocycles. The van der Waals surface area contributed by atoms with Gasteiger partial charge in [0.05, 0.1) is 6.61 Å². The monoisotopic (exact) mass is 197 g/mol. The highest BCUT2D eigenvalue weighted by Crippen LogP contribution is 2.00. The molecule has 1 rings (SSSR count). The van der Waals surface area contributed by atoms with Gasteiger partial charge in [0, 0.05) is 25.5 Å². The Morgan fingerprint density at radius 3 is 2.86 bits per heavy atom. The molecular weight excluding hydrogens is 178 g/mol. The number of ether oxygens (including phenoxy) is 1. The maximum absolute atomic E-state index is 5.60. The number of hydrogen-bond donors (Lipinski definition) is 1. The van der Waals surface area contributed by atoms with Gasteiger partial charge >= 0.3 is 0 Å². The van der Waals surface area contributed by atoms with E-state index in [1.807, 2.05) is 10.8 Å². The first-order valence-corrected chi connectivity index (χ1v) is 5.04. The number of rotatable bonds is 6. The fraction of sp³-hybridized carbons (Fsp3) is 0.700. The van der Waals surface area contributed by atoms with Crippen LogP contribution in [-0.4, -0.2) is 22.8 Å². The van der Waals surface area contributed by atoms with Gasteiger partial charge in [0.1, 0.15) is 0 Å². The molecule has 1 aromatic heterocycles. The minimum Gasteiger partial charge on any atom is -0.380 e. The van der Waals surface area contributed by atoms with E-state index in [2.05, 4.69) is 18.8 Å². The number of nitrogen functional groups attached to an aromatic ring is 1. The molecule has 0 saturated carbocycles. The predicted molar refractivity (Wildman–Crippen MR) is 56.9 cm³/mol. The maximum Gasteiger partial charge on any atom is 0.200 e. The molecule has 0 radical (unpaired) electrons. The zero-order valence-corrected chi connectivity index (χ0v) is 8.94. The quantitative estimate of drug-likeness (QED) is 0.704. The number of hydrogen-bond acceptors (Lipinski definition) is 3.